The first kappa shape index (κ1) is 19.5. The fraction of sp³-hybridized carbons (Fsp3) is 0.200. The van der Waals surface area contributed by atoms with Crippen molar-refractivity contribution in [3.05, 3.63) is 90.0 Å². The van der Waals surface area contributed by atoms with Crippen molar-refractivity contribution < 1.29 is 14.2 Å². The molecule has 3 nitrogen and oxygen atoms in total. The van der Waals surface area contributed by atoms with Gasteiger partial charge in [-0.2, -0.15) is 0 Å². The number of para-hydroxylation sites is 1. The van der Waals surface area contributed by atoms with Crippen LogP contribution in [-0.4, -0.2) is 6.61 Å². The predicted molar refractivity (Wildman–Crippen MR) is 112 cm³/mol. The molecule has 0 heterocycles. The van der Waals surface area contributed by atoms with Crippen LogP contribution in [-0.2, 0) is 16.8 Å². The number of rotatable bonds is 8. The Morgan fingerprint density at radius 2 is 1.54 bits per heavy atom. The second-order valence-corrected chi connectivity index (χ2v) is 7.18. The fourth-order valence-electron chi connectivity index (χ4n) is 2.87. The topological polar surface area (TPSA) is 27.7 Å². The quantitative estimate of drug-likeness (QED) is 0.458. The number of ether oxygens (including phenoxy) is 3. The molecule has 0 spiro atoms. The Labute approximate surface area is 166 Å². The molecule has 0 amide bonds. The van der Waals surface area contributed by atoms with Gasteiger partial charge in [-0.25, -0.2) is 0 Å². The minimum atomic E-state index is -0.132. The van der Waals surface area contributed by atoms with E-state index in [9.17, 15) is 0 Å². The minimum absolute atomic E-state index is 0.132. The Bertz CT molecular complexity index is 922. The summed E-state index contributed by atoms with van der Waals surface area (Å²) in [5.74, 6) is 2.29. The Hall–Kier alpha value is -3.22. The van der Waals surface area contributed by atoms with Gasteiger partial charge in [-0.3, -0.25) is 0 Å². The summed E-state index contributed by atoms with van der Waals surface area (Å²) < 4.78 is 16.9. The van der Waals surface area contributed by atoms with Crippen LogP contribution in [0, 0.1) is 12.5 Å². The molecule has 0 saturated carbocycles. The van der Waals surface area contributed by atoms with Gasteiger partial charge < -0.3 is 14.2 Å². The van der Waals surface area contributed by atoms with Gasteiger partial charge in [0, 0.05) is 5.41 Å². The highest BCUT2D eigenvalue weighted by atomic mass is 16.5. The van der Waals surface area contributed by atoms with Crippen LogP contribution in [0.5, 0.6) is 17.2 Å². The van der Waals surface area contributed by atoms with Gasteiger partial charge in [0.25, 0.3) is 0 Å². The lowest BCUT2D eigenvalue weighted by Gasteiger charge is -2.25. The first-order valence-corrected chi connectivity index (χ1v) is 9.19. The maximum Gasteiger partial charge on any atom is 0.140 e. The summed E-state index contributed by atoms with van der Waals surface area (Å²) in [5.41, 5.74) is 2.10. The second-order valence-electron chi connectivity index (χ2n) is 7.18. The molecule has 3 aromatic carbocycles. The van der Waals surface area contributed by atoms with Crippen LogP contribution in [0.4, 0.5) is 0 Å². The summed E-state index contributed by atoms with van der Waals surface area (Å²) in [5, 5.41) is 0. The van der Waals surface area contributed by atoms with E-state index in [4.69, 9.17) is 20.6 Å². The molecule has 3 aromatic rings. The normalized spacial score (nSPS) is 10.9. The van der Waals surface area contributed by atoms with E-state index in [-0.39, 0.29) is 5.41 Å². The lowest BCUT2D eigenvalue weighted by molar-refractivity contribution is 0.0824. The van der Waals surface area contributed by atoms with Crippen molar-refractivity contribution >= 4 is 0 Å². The van der Waals surface area contributed by atoms with Crippen LogP contribution in [0.15, 0.2) is 78.9 Å². The Kier molecular flexibility index (Phi) is 6.37. The molecule has 0 bridgehead atoms. The summed E-state index contributed by atoms with van der Waals surface area (Å²) in [6.07, 6.45) is 7.34. The molecule has 142 valence electrons. The molecule has 0 unspecified atom stereocenters. The van der Waals surface area contributed by atoms with E-state index in [2.05, 4.69) is 20.0 Å². The lowest BCUT2D eigenvalue weighted by Crippen LogP contribution is -2.24. The molecule has 0 radical (unpaired) electrons. The molecule has 3 heteroatoms. The summed E-state index contributed by atoms with van der Waals surface area (Å²) >= 11 is 0. The van der Waals surface area contributed by atoms with Crippen molar-refractivity contribution in [2.24, 2.45) is 0 Å². The Balaban J connectivity index is 1.56. The largest absolute Gasteiger partial charge is 0.457 e. The second kappa shape index (κ2) is 9.12. The summed E-state index contributed by atoms with van der Waals surface area (Å²) in [7, 11) is 0. The lowest BCUT2D eigenvalue weighted by atomic mass is 9.85. The van der Waals surface area contributed by atoms with Gasteiger partial charge in [-0.15, -0.1) is 0 Å². The Morgan fingerprint density at radius 1 is 0.821 bits per heavy atom. The van der Waals surface area contributed by atoms with E-state index < -0.39 is 0 Å². The highest BCUT2D eigenvalue weighted by Gasteiger charge is 2.21. The fourth-order valence-corrected chi connectivity index (χ4v) is 2.87. The molecule has 0 saturated heterocycles. The highest BCUT2D eigenvalue weighted by molar-refractivity contribution is 5.34. The van der Waals surface area contributed by atoms with Crippen molar-refractivity contribution in [1.82, 2.24) is 0 Å². The first-order chi connectivity index (χ1) is 13.6. The molecular weight excluding hydrogens is 348 g/mol. The van der Waals surface area contributed by atoms with Crippen molar-refractivity contribution in [3.63, 3.8) is 0 Å². The van der Waals surface area contributed by atoms with Gasteiger partial charge >= 0.3 is 0 Å². The zero-order valence-corrected chi connectivity index (χ0v) is 16.2. The van der Waals surface area contributed by atoms with Gasteiger partial charge in [0.05, 0.1) is 13.2 Å². The van der Waals surface area contributed by atoms with Gasteiger partial charge in [0.1, 0.15) is 23.4 Å². The summed E-state index contributed by atoms with van der Waals surface area (Å²) in [6, 6.07) is 25.5. The smallest absolute Gasteiger partial charge is 0.140 e. The van der Waals surface area contributed by atoms with Crippen molar-refractivity contribution in [2.75, 3.05) is 6.61 Å². The van der Waals surface area contributed by atoms with E-state index in [0.29, 0.717) is 19.0 Å². The average molecular weight is 372 g/mol. The summed E-state index contributed by atoms with van der Waals surface area (Å²) in [6.45, 7) is 5.41. The average Bonchev–Trinajstić information content (AvgIpc) is 2.70. The van der Waals surface area contributed by atoms with E-state index >= 15 is 0 Å². The number of benzene rings is 3. The van der Waals surface area contributed by atoms with Crippen LogP contribution in [0.2, 0.25) is 0 Å². The molecule has 0 N–H and O–H groups in total. The SMILES string of the molecule is C#COc1ccc(C(C)(C)COCc2cccc(Oc3ccccc3)c2)cc1. The molecule has 0 fully saturated rings. The highest BCUT2D eigenvalue weighted by Crippen LogP contribution is 2.27. The maximum atomic E-state index is 6.00. The molecule has 3 rings (SSSR count). The van der Waals surface area contributed by atoms with Gasteiger partial charge in [-0.1, -0.05) is 62.7 Å². The zero-order valence-electron chi connectivity index (χ0n) is 16.2. The minimum Gasteiger partial charge on any atom is -0.457 e. The predicted octanol–water partition coefficient (Wildman–Crippen LogP) is 5.94. The van der Waals surface area contributed by atoms with Crippen LogP contribution in [0.25, 0.3) is 0 Å². The molecule has 0 aliphatic heterocycles. The third-order valence-electron chi connectivity index (χ3n) is 4.42. The van der Waals surface area contributed by atoms with Crippen LogP contribution < -0.4 is 9.47 Å². The number of terminal acetylenes is 1. The van der Waals surface area contributed by atoms with Gasteiger partial charge in [0.2, 0.25) is 0 Å². The van der Waals surface area contributed by atoms with E-state index in [1.165, 1.54) is 0 Å². The summed E-state index contributed by atoms with van der Waals surface area (Å²) in [4.78, 5) is 0. The maximum absolute atomic E-state index is 6.00. The Morgan fingerprint density at radius 3 is 2.25 bits per heavy atom. The van der Waals surface area contributed by atoms with E-state index in [1.807, 2.05) is 78.9 Å². The van der Waals surface area contributed by atoms with Crippen molar-refractivity contribution in [3.8, 4) is 29.8 Å². The monoisotopic (exact) mass is 372 g/mol. The number of hydrogen-bond donors (Lipinski definition) is 0. The van der Waals surface area contributed by atoms with Crippen molar-refractivity contribution in [2.45, 2.75) is 25.9 Å². The molecule has 28 heavy (non-hydrogen) atoms. The molecule has 0 aliphatic carbocycles. The molecule has 0 aromatic heterocycles. The third kappa shape index (κ3) is 5.39. The van der Waals surface area contributed by atoms with Gasteiger partial charge in [-0.05, 0) is 47.5 Å². The molecule has 0 aliphatic rings. The van der Waals surface area contributed by atoms with Crippen molar-refractivity contribution in [1.29, 1.82) is 0 Å². The first-order valence-electron chi connectivity index (χ1n) is 9.19. The van der Waals surface area contributed by atoms with Crippen LogP contribution in [0.3, 0.4) is 0 Å². The standard InChI is InChI=1S/C25H24O3/c1-4-27-22-15-13-21(14-16-22)25(2,3)19-26-18-20-9-8-12-24(17-20)28-23-10-6-5-7-11-23/h1,5-17H,18-19H2,2-3H3. The third-order valence-corrected chi connectivity index (χ3v) is 4.42. The van der Waals surface area contributed by atoms with E-state index in [0.717, 1.165) is 22.6 Å². The van der Waals surface area contributed by atoms with Crippen LogP contribution in [0.1, 0.15) is 25.0 Å². The molecule has 0 atom stereocenters. The molecular formula is C25H24O3. The zero-order chi connectivity index (χ0) is 19.8. The van der Waals surface area contributed by atoms with Crippen LogP contribution >= 0.6 is 0 Å². The number of hydrogen-bond acceptors (Lipinski definition) is 3. The van der Waals surface area contributed by atoms with E-state index in [1.54, 1.807) is 0 Å². The van der Waals surface area contributed by atoms with Gasteiger partial charge in [0.15, 0.2) is 0 Å².